The number of hydrogen-bond acceptors (Lipinski definition) is 6. The Morgan fingerprint density at radius 2 is 1.68 bits per heavy atom. The fraction of sp³-hybridized carbons (Fsp3) is 0.406. The predicted octanol–water partition coefficient (Wildman–Crippen LogP) is 4.46. The second kappa shape index (κ2) is 13.5. The van der Waals surface area contributed by atoms with Crippen LogP contribution in [0.1, 0.15) is 44.5 Å². The Bertz CT molecular complexity index is 1250. The van der Waals surface area contributed by atoms with Crippen LogP contribution in [0, 0.1) is 5.92 Å². The van der Waals surface area contributed by atoms with Crippen molar-refractivity contribution in [1.29, 1.82) is 0 Å². The van der Waals surface area contributed by atoms with Crippen molar-refractivity contribution >= 4 is 23.3 Å². The number of para-hydroxylation sites is 1. The van der Waals surface area contributed by atoms with Crippen LogP contribution in [0.3, 0.4) is 0 Å². The molecule has 0 radical (unpaired) electrons. The SMILES string of the molecule is CNC(C)C(=O)N[C@H](C(=O)N1C[C@H](OCc2ccccc2)C[C@H]1c1cccc(N(C)c2ccccc2)n1)C(C)C. The molecule has 3 aromatic rings. The zero-order valence-corrected chi connectivity index (χ0v) is 24.1. The second-order valence-corrected chi connectivity index (χ2v) is 10.7. The molecule has 1 saturated heterocycles. The van der Waals surface area contributed by atoms with Crippen LogP contribution in [0.4, 0.5) is 11.5 Å². The number of benzene rings is 2. The lowest BCUT2D eigenvalue weighted by Gasteiger charge is -2.31. The highest BCUT2D eigenvalue weighted by molar-refractivity contribution is 5.90. The lowest BCUT2D eigenvalue weighted by molar-refractivity contribution is -0.139. The summed E-state index contributed by atoms with van der Waals surface area (Å²) < 4.78 is 6.32. The highest BCUT2D eigenvalue weighted by atomic mass is 16.5. The molecule has 0 spiro atoms. The smallest absolute Gasteiger partial charge is 0.246 e. The second-order valence-electron chi connectivity index (χ2n) is 10.7. The minimum Gasteiger partial charge on any atom is -0.372 e. The van der Waals surface area contributed by atoms with Crippen LogP contribution in [0.2, 0.25) is 0 Å². The summed E-state index contributed by atoms with van der Waals surface area (Å²) in [5.41, 5.74) is 2.91. The summed E-state index contributed by atoms with van der Waals surface area (Å²) in [5, 5.41) is 5.93. The molecule has 2 heterocycles. The number of likely N-dealkylation sites (tertiary alicyclic amines) is 1. The molecule has 212 valence electrons. The van der Waals surface area contributed by atoms with Crippen molar-refractivity contribution in [2.45, 2.75) is 58.0 Å². The van der Waals surface area contributed by atoms with E-state index in [0.29, 0.717) is 19.6 Å². The van der Waals surface area contributed by atoms with Gasteiger partial charge in [0.25, 0.3) is 0 Å². The van der Waals surface area contributed by atoms with Gasteiger partial charge >= 0.3 is 0 Å². The summed E-state index contributed by atoms with van der Waals surface area (Å²) in [5.74, 6) is 0.383. The lowest BCUT2D eigenvalue weighted by Crippen LogP contribution is -2.54. The number of likely N-dealkylation sites (N-methyl/N-ethyl adjacent to an activating group) is 1. The van der Waals surface area contributed by atoms with Gasteiger partial charge in [-0.15, -0.1) is 0 Å². The van der Waals surface area contributed by atoms with Crippen molar-refractivity contribution in [1.82, 2.24) is 20.5 Å². The zero-order valence-electron chi connectivity index (χ0n) is 24.1. The molecule has 4 atom stereocenters. The normalized spacial score (nSPS) is 18.4. The third-order valence-corrected chi connectivity index (χ3v) is 7.52. The third kappa shape index (κ3) is 7.06. The van der Waals surface area contributed by atoms with Gasteiger partial charge in [-0.05, 0) is 49.7 Å². The standard InChI is InChI=1S/C32H41N5O3/c1-22(2)30(35-31(38)23(3)33-4)32(39)37-20-26(40-21-24-13-8-6-9-14-24)19-28(37)27-17-12-18-29(34-27)36(5)25-15-10-7-11-16-25/h6-18,22-23,26,28,30,33H,19-21H2,1-5H3,(H,35,38)/t23?,26-,28+,30+/m1/s1. The summed E-state index contributed by atoms with van der Waals surface area (Å²) in [6.45, 7) is 6.58. The monoisotopic (exact) mass is 543 g/mol. The molecule has 1 unspecified atom stereocenters. The molecule has 1 fully saturated rings. The van der Waals surface area contributed by atoms with E-state index < -0.39 is 12.1 Å². The van der Waals surface area contributed by atoms with Gasteiger partial charge in [0.2, 0.25) is 11.8 Å². The fourth-order valence-corrected chi connectivity index (χ4v) is 4.93. The zero-order chi connectivity index (χ0) is 28.6. The van der Waals surface area contributed by atoms with Crippen LogP contribution in [0.5, 0.6) is 0 Å². The summed E-state index contributed by atoms with van der Waals surface area (Å²) in [6, 6.07) is 24.7. The van der Waals surface area contributed by atoms with Gasteiger partial charge in [0.05, 0.1) is 30.5 Å². The molecule has 8 nitrogen and oxygen atoms in total. The van der Waals surface area contributed by atoms with Crippen LogP contribution in [0.25, 0.3) is 0 Å². The molecule has 2 aromatic carbocycles. The molecule has 40 heavy (non-hydrogen) atoms. The molecule has 2 N–H and O–H groups in total. The van der Waals surface area contributed by atoms with Gasteiger partial charge in [0.1, 0.15) is 11.9 Å². The maximum absolute atomic E-state index is 14.1. The first-order valence-electron chi connectivity index (χ1n) is 14.0. The van der Waals surface area contributed by atoms with E-state index >= 15 is 0 Å². The minimum absolute atomic E-state index is 0.0889. The Morgan fingerprint density at radius 3 is 2.33 bits per heavy atom. The Kier molecular flexibility index (Phi) is 9.90. The van der Waals surface area contributed by atoms with Gasteiger partial charge < -0.3 is 25.2 Å². The molecular weight excluding hydrogens is 502 g/mol. The fourth-order valence-electron chi connectivity index (χ4n) is 4.93. The number of carbonyl (C=O) groups excluding carboxylic acids is 2. The van der Waals surface area contributed by atoms with Gasteiger partial charge in [-0.2, -0.15) is 0 Å². The summed E-state index contributed by atoms with van der Waals surface area (Å²) in [7, 11) is 3.71. The van der Waals surface area contributed by atoms with E-state index in [1.54, 1.807) is 14.0 Å². The van der Waals surface area contributed by atoms with E-state index in [1.165, 1.54) is 0 Å². The lowest BCUT2D eigenvalue weighted by atomic mass is 10.0. The van der Waals surface area contributed by atoms with Gasteiger partial charge in [-0.1, -0.05) is 68.4 Å². The average molecular weight is 544 g/mol. The number of pyridine rings is 1. The Labute approximate surface area is 237 Å². The average Bonchev–Trinajstić information content (AvgIpc) is 3.43. The number of nitrogens with one attached hydrogen (secondary N) is 2. The van der Waals surface area contributed by atoms with Gasteiger partial charge in [0.15, 0.2) is 0 Å². The maximum atomic E-state index is 14.1. The van der Waals surface area contributed by atoms with E-state index in [2.05, 4.69) is 10.6 Å². The van der Waals surface area contributed by atoms with Gasteiger partial charge in [-0.3, -0.25) is 9.59 Å². The van der Waals surface area contributed by atoms with E-state index in [0.717, 1.165) is 22.8 Å². The molecule has 0 bridgehead atoms. The number of anilines is 2. The number of hydrogen-bond donors (Lipinski definition) is 2. The number of ether oxygens (including phenoxy) is 1. The van der Waals surface area contributed by atoms with Crippen molar-refractivity contribution in [3.63, 3.8) is 0 Å². The highest BCUT2D eigenvalue weighted by Crippen LogP contribution is 2.35. The Hall–Kier alpha value is -3.75. The molecular formula is C32H41N5O3. The van der Waals surface area contributed by atoms with E-state index in [9.17, 15) is 9.59 Å². The van der Waals surface area contributed by atoms with Crippen LogP contribution in [0.15, 0.2) is 78.9 Å². The van der Waals surface area contributed by atoms with Crippen molar-refractivity contribution in [2.24, 2.45) is 5.92 Å². The van der Waals surface area contributed by atoms with Crippen molar-refractivity contribution in [2.75, 3.05) is 25.5 Å². The maximum Gasteiger partial charge on any atom is 0.246 e. The van der Waals surface area contributed by atoms with E-state index in [4.69, 9.17) is 9.72 Å². The van der Waals surface area contributed by atoms with Crippen LogP contribution in [-0.4, -0.2) is 60.5 Å². The molecule has 8 heteroatoms. The topological polar surface area (TPSA) is 86.8 Å². The number of carbonyl (C=O) groups is 2. The summed E-state index contributed by atoms with van der Waals surface area (Å²) in [4.78, 5) is 35.7. The Morgan fingerprint density at radius 1 is 1.00 bits per heavy atom. The molecule has 0 saturated carbocycles. The van der Waals surface area contributed by atoms with Crippen LogP contribution >= 0.6 is 0 Å². The van der Waals surface area contributed by atoms with Crippen LogP contribution < -0.4 is 15.5 Å². The molecule has 1 aliphatic rings. The van der Waals surface area contributed by atoms with Crippen molar-refractivity contribution < 1.29 is 14.3 Å². The highest BCUT2D eigenvalue weighted by Gasteiger charge is 2.41. The van der Waals surface area contributed by atoms with E-state index in [1.807, 2.05) is 110 Å². The molecule has 0 aliphatic carbocycles. The van der Waals surface area contributed by atoms with Crippen molar-refractivity contribution in [3.8, 4) is 0 Å². The molecule has 1 aliphatic heterocycles. The first kappa shape index (κ1) is 29.2. The van der Waals surface area contributed by atoms with Crippen molar-refractivity contribution in [3.05, 3.63) is 90.1 Å². The first-order chi connectivity index (χ1) is 19.3. The Balaban J connectivity index is 1.61. The number of aromatic nitrogens is 1. The molecule has 4 rings (SSSR count). The summed E-state index contributed by atoms with van der Waals surface area (Å²) in [6.07, 6.45) is 0.460. The number of rotatable bonds is 11. The molecule has 2 amide bonds. The van der Waals surface area contributed by atoms with Crippen LogP contribution in [-0.2, 0) is 20.9 Å². The van der Waals surface area contributed by atoms with E-state index in [-0.39, 0.29) is 29.9 Å². The number of nitrogens with zero attached hydrogens (tertiary/aromatic N) is 3. The quantitative estimate of drug-likeness (QED) is 0.372. The molecule has 1 aromatic heterocycles. The first-order valence-corrected chi connectivity index (χ1v) is 14.0. The predicted molar refractivity (Wildman–Crippen MR) is 158 cm³/mol. The largest absolute Gasteiger partial charge is 0.372 e. The third-order valence-electron chi connectivity index (χ3n) is 7.52. The number of amides is 2. The van der Waals surface area contributed by atoms with Gasteiger partial charge in [0, 0.05) is 25.7 Å². The minimum atomic E-state index is -0.658. The van der Waals surface area contributed by atoms with Gasteiger partial charge in [-0.25, -0.2) is 4.98 Å². The summed E-state index contributed by atoms with van der Waals surface area (Å²) >= 11 is 0.